The van der Waals surface area contributed by atoms with Crippen LogP contribution >= 0.6 is 0 Å². The van der Waals surface area contributed by atoms with E-state index in [4.69, 9.17) is 4.74 Å². The van der Waals surface area contributed by atoms with Crippen LogP contribution in [0.25, 0.3) is 5.57 Å². The maximum atomic E-state index is 13.0. The number of hydrogen-bond acceptors (Lipinski definition) is 4. The first-order valence-corrected chi connectivity index (χ1v) is 15.8. The van der Waals surface area contributed by atoms with Gasteiger partial charge in [-0.1, -0.05) is 27.4 Å². The molecule has 5 aliphatic rings. The van der Waals surface area contributed by atoms with Gasteiger partial charge in [-0.15, -0.1) is 0 Å². The molecule has 5 nitrogen and oxygen atoms in total. The number of fused-ring (bicyclic) bond motifs is 6. The minimum atomic E-state index is -0.241. The van der Waals surface area contributed by atoms with Crippen molar-refractivity contribution in [3.8, 4) is 5.75 Å². The second-order valence-electron chi connectivity index (χ2n) is 14.6. The highest BCUT2D eigenvalue weighted by atomic mass is 16.5. The van der Waals surface area contributed by atoms with E-state index in [2.05, 4.69) is 32.7 Å². The molecule has 0 radical (unpaired) electrons. The van der Waals surface area contributed by atoms with Gasteiger partial charge in [0.15, 0.2) is 0 Å². The van der Waals surface area contributed by atoms with Gasteiger partial charge in [-0.2, -0.15) is 0 Å². The maximum Gasteiger partial charge on any atom is 0.224 e. The molecule has 0 aromatic heterocycles. The lowest BCUT2D eigenvalue weighted by Gasteiger charge is -2.62. The Balaban J connectivity index is 1.09. The fourth-order valence-electron chi connectivity index (χ4n) is 10.5. The zero-order valence-electron chi connectivity index (χ0n) is 24.9. The first-order valence-electron chi connectivity index (χ1n) is 15.8. The van der Waals surface area contributed by atoms with Crippen LogP contribution < -0.4 is 10.1 Å². The van der Waals surface area contributed by atoms with Crippen molar-refractivity contribution in [3.05, 3.63) is 42.2 Å². The summed E-state index contributed by atoms with van der Waals surface area (Å²) in [5.41, 5.74) is 3.40. The minimum Gasteiger partial charge on any atom is -0.457 e. The van der Waals surface area contributed by atoms with Crippen molar-refractivity contribution < 1.29 is 19.7 Å². The zero-order chi connectivity index (χ0) is 28.4. The van der Waals surface area contributed by atoms with Crippen molar-refractivity contribution in [2.24, 2.45) is 46.3 Å². The number of carbonyl (C=O) groups excluding carboxylic acids is 1. The third-order valence-corrected chi connectivity index (χ3v) is 12.6. The summed E-state index contributed by atoms with van der Waals surface area (Å²) >= 11 is 0. The van der Waals surface area contributed by atoms with Crippen LogP contribution in [-0.4, -0.2) is 28.3 Å². The second-order valence-corrected chi connectivity index (χ2v) is 14.6. The van der Waals surface area contributed by atoms with E-state index < -0.39 is 0 Å². The summed E-state index contributed by atoms with van der Waals surface area (Å²) in [6.07, 6.45) is 11.5. The molecule has 1 amide bonds. The van der Waals surface area contributed by atoms with E-state index in [0.29, 0.717) is 47.7 Å². The third kappa shape index (κ3) is 4.65. The number of benzene rings is 1. The first kappa shape index (κ1) is 28.0. The van der Waals surface area contributed by atoms with E-state index in [1.54, 1.807) is 0 Å². The number of rotatable bonds is 5. The molecule has 1 unspecified atom stereocenters. The molecule has 1 aliphatic heterocycles. The number of aliphatic hydroxyl groups excluding tert-OH is 2. The van der Waals surface area contributed by atoms with Crippen LogP contribution in [0.4, 0.5) is 5.69 Å². The Kier molecular flexibility index (Phi) is 7.22. The molecule has 218 valence electrons. The second kappa shape index (κ2) is 10.3. The standard InChI is InChI=1S/C35H49NO4/c1-20(6-11-32(39)36-24-7-8-26-21(2)16-22(3)40-31(26)19-24)27-9-10-28-33-29(13-15-35(27,28)5)34(4)14-12-25(37)17-23(34)18-30(33)38/h7-8,16,19-20,23,25,27-30,33,37-38H,3,6,9-15,17-18H2,1-2,4-5H3,(H,36,39)/t20-,23+,25-,27-,28+,29+,30?,33+,34+,35-/m1/s1. The summed E-state index contributed by atoms with van der Waals surface area (Å²) in [7, 11) is 0. The van der Waals surface area contributed by atoms with E-state index in [1.807, 2.05) is 31.2 Å². The maximum absolute atomic E-state index is 13.0. The Labute approximate surface area is 240 Å². The average Bonchev–Trinajstić information content (AvgIpc) is 3.25. The van der Waals surface area contributed by atoms with Gasteiger partial charge in [-0.3, -0.25) is 4.79 Å². The number of allylic oxidation sites excluding steroid dienone is 2. The van der Waals surface area contributed by atoms with E-state index in [0.717, 1.165) is 54.7 Å². The summed E-state index contributed by atoms with van der Waals surface area (Å²) in [5, 5.41) is 24.9. The van der Waals surface area contributed by atoms with Gasteiger partial charge >= 0.3 is 0 Å². The summed E-state index contributed by atoms with van der Waals surface area (Å²) < 4.78 is 5.79. The van der Waals surface area contributed by atoms with E-state index in [-0.39, 0.29) is 28.9 Å². The highest BCUT2D eigenvalue weighted by Crippen LogP contribution is 2.68. The van der Waals surface area contributed by atoms with Crippen molar-refractivity contribution in [1.82, 2.24) is 0 Å². The number of anilines is 1. The summed E-state index contributed by atoms with van der Waals surface area (Å²) in [5.74, 6) is 4.45. The Hall–Kier alpha value is -2.11. The molecule has 10 atom stereocenters. The first-order chi connectivity index (χ1) is 19.0. The number of aliphatic hydroxyl groups is 2. The quantitative estimate of drug-likeness (QED) is 0.360. The predicted molar refractivity (Wildman–Crippen MR) is 160 cm³/mol. The van der Waals surface area contributed by atoms with Gasteiger partial charge in [0, 0.05) is 23.7 Å². The summed E-state index contributed by atoms with van der Waals surface area (Å²) in [4.78, 5) is 13.0. The van der Waals surface area contributed by atoms with Crippen molar-refractivity contribution in [2.45, 2.75) is 104 Å². The fraction of sp³-hybridized carbons (Fsp3) is 0.686. The molecular weight excluding hydrogens is 498 g/mol. The number of nitrogens with one attached hydrogen (secondary N) is 1. The largest absolute Gasteiger partial charge is 0.457 e. The van der Waals surface area contributed by atoms with Gasteiger partial charge in [0.25, 0.3) is 0 Å². The molecule has 1 aromatic rings. The van der Waals surface area contributed by atoms with Crippen molar-refractivity contribution in [2.75, 3.05) is 5.32 Å². The molecule has 0 bridgehead atoms. The molecule has 4 fully saturated rings. The van der Waals surface area contributed by atoms with Crippen LogP contribution in [0.2, 0.25) is 0 Å². The molecular formula is C35H49NO4. The Morgan fingerprint density at radius 3 is 2.65 bits per heavy atom. The van der Waals surface area contributed by atoms with Crippen molar-refractivity contribution >= 4 is 17.2 Å². The SMILES string of the molecule is C=C1C=C(C)c2ccc(NC(=O)CC[C@@H](C)[C@H]3CC[C@H]4[C@@H]5C(O)C[C@@H]6C[C@H](O)CC[C@]6(C)[C@H]5CC[C@]34C)cc2O1. The lowest BCUT2D eigenvalue weighted by Crippen LogP contribution is -2.58. The molecule has 1 heterocycles. The van der Waals surface area contributed by atoms with Crippen LogP contribution in [-0.2, 0) is 4.79 Å². The van der Waals surface area contributed by atoms with Crippen LogP contribution in [0.5, 0.6) is 5.75 Å². The topological polar surface area (TPSA) is 78.8 Å². The van der Waals surface area contributed by atoms with Crippen LogP contribution in [0, 0.1) is 46.3 Å². The van der Waals surface area contributed by atoms with Gasteiger partial charge in [-0.05, 0) is 135 Å². The Morgan fingerprint density at radius 1 is 1.10 bits per heavy atom. The highest BCUT2D eigenvalue weighted by Gasteiger charge is 2.62. The average molecular weight is 548 g/mol. The number of amides is 1. The highest BCUT2D eigenvalue weighted by molar-refractivity contribution is 5.91. The van der Waals surface area contributed by atoms with E-state index in [1.165, 1.54) is 25.7 Å². The monoisotopic (exact) mass is 547 g/mol. The lowest BCUT2D eigenvalue weighted by atomic mass is 9.43. The van der Waals surface area contributed by atoms with Gasteiger partial charge in [0.05, 0.1) is 12.2 Å². The summed E-state index contributed by atoms with van der Waals surface area (Å²) in [6.45, 7) is 13.3. The molecule has 3 N–H and O–H groups in total. The fourth-order valence-corrected chi connectivity index (χ4v) is 10.5. The normalized spacial score (nSPS) is 41.0. The molecule has 0 saturated heterocycles. The smallest absolute Gasteiger partial charge is 0.224 e. The molecule has 4 saturated carbocycles. The molecule has 6 rings (SSSR count). The molecule has 4 aliphatic carbocycles. The molecule has 40 heavy (non-hydrogen) atoms. The van der Waals surface area contributed by atoms with Crippen molar-refractivity contribution in [3.63, 3.8) is 0 Å². The van der Waals surface area contributed by atoms with Crippen molar-refractivity contribution in [1.29, 1.82) is 0 Å². The molecule has 5 heteroatoms. The van der Waals surface area contributed by atoms with Gasteiger partial charge in [0.1, 0.15) is 11.5 Å². The van der Waals surface area contributed by atoms with Gasteiger partial charge in [-0.25, -0.2) is 0 Å². The van der Waals surface area contributed by atoms with Crippen LogP contribution in [0.1, 0.15) is 97.5 Å². The van der Waals surface area contributed by atoms with Gasteiger partial charge < -0.3 is 20.3 Å². The van der Waals surface area contributed by atoms with Crippen LogP contribution in [0.15, 0.2) is 36.6 Å². The Morgan fingerprint density at radius 2 is 1.85 bits per heavy atom. The third-order valence-electron chi connectivity index (χ3n) is 12.6. The Bertz CT molecular complexity index is 1210. The summed E-state index contributed by atoms with van der Waals surface area (Å²) in [6, 6.07) is 5.84. The van der Waals surface area contributed by atoms with Gasteiger partial charge in [0.2, 0.25) is 5.91 Å². The van der Waals surface area contributed by atoms with E-state index in [9.17, 15) is 15.0 Å². The van der Waals surface area contributed by atoms with Crippen LogP contribution in [0.3, 0.4) is 0 Å². The molecule has 1 aromatic carbocycles. The zero-order valence-corrected chi connectivity index (χ0v) is 24.9. The van der Waals surface area contributed by atoms with E-state index >= 15 is 0 Å². The number of hydrogen-bond donors (Lipinski definition) is 3. The lowest BCUT2D eigenvalue weighted by molar-refractivity contribution is -0.174. The molecule has 0 spiro atoms. The number of carbonyl (C=O) groups is 1. The predicted octanol–water partition coefficient (Wildman–Crippen LogP) is 7.34. The number of ether oxygens (including phenoxy) is 1. The minimum absolute atomic E-state index is 0.0539.